The van der Waals surface area contributed by atoms with Gasteiger partial charge in [0.2, 0.25) is 0 Å². The second-order valence-corrected chi connectivity index (χ2v) is 4.97. The molecule has 0 spiro atoms. The molecule has 0 aliphatic rings. The number of nitrogens with zero attached hydrogens (tertiary/aromatic N) is 3. The van der Waals surface area contributed by atoms with Gasteiger partial charge in [0, 0.05) is 30.2 Å². The lowest BCUT2D eigenvalue weighted by Gasteiger charge is -2.10. The first-order valence-electron chi connectivity index (χ1n) is 5.71. The molecule has 0 fully saturated rings. The molecule has 18 heavy (non-hydrogen) atoms. The van der Waals surface area contributed by atoms with Crippen LogP contribution in [0.1, 0.15) is 22.0 Å². The number of hydrogen-bond donors (Lipinski definition) is 1. The van der Waals surface area contributed by atoms with Crippen LogP contribution >= 0.6 is 11.3 Å². The smallest absolute Gasteiger partial charge is 0.103 e. The number of pyridine rings is 1. The molecule has 0 aliphatic carbocycles. The molecule has 0 atom stereocenters. The molecule has 0 amide bonds. The van der Waals surface area contributed by atoms with Crippen LogP contribution in [0.5, 0.6) is 0 Å². The van der Waals surface area contributed by atoms with Crippen LogP contribution in [0, 0.1) is 25.2 Å². The minimum atomic E-state index is 0.625. The second kappa shape index (κ2) is 5.61. The molecule has 5 heteroatoms. The third-order valence-electron chi connectivity index (χ3n) is 2.58. The number of aryl methyl sites for hydroxylation is 2. The average molecular weight is 258 g/mol. The van der Waals surface area contributed by atoms with Crippen molar-refractivity contribution in [2.75, 3.05) is 11.9 Å². The Labute approximate surface area is 110 Å². The van der Waals surface area contributed by atoms with Gasteiger partial charge in [-0.1, -0.05) is 0 Å². The molecule has 0 unspecified atom stereocenters. The Morgan fingerprint density at radius 3 is 2.94 bits per heavy atom. The van der Waals surface area contributed by atoms with Gasteiger partial charge in [-0.05, 0) is 19.9 Å². The predicted molar refractivity (Wildman–Crippen MR) is 72.7 cm³/mol. The second-order valence-electron chi connectivity index (χ2n) is 3.99. The van der Waals surface area contributed by atoms with E-state index in [-0.39, 0.29) is 0 Å². The zero-order valence-corrected chi connectivity index (χ0v) is 11.2. The summed E-state index contributed by atoms with van der Waals surface area (Å²) >= 11 is 1.65. The van der Waals surface area contributed by atoms with Gasteiger partial charge in [0.1, 0.15) is 6.07 Å². The summed E-state index contributed by atoms with van der Waals surface area (Å²) in [6, 6.07) is 4.11. The third-order valence-corrected chi connectivity index (χ3v) is 3.42. The van der Waals surface area contributed by atoms with E-state index in [1.54, 1.807) is 17.5 Å². The molecule has 0 saturated carbocycles. The highest BCUT2D eigenvalue weighted by atomic mass is 32.1. The van der Waals surface area contributed by atoms with E-state index in [4.69, 9.17) is 5.26 Å². The molecule has 1 N–H and O–H groups in total. The van der Waals surface area contributed by atoms with Gasteiger partial charge in [-0.25, -0.2) is 4.98 Å². The highest BCUT2D eigenvalue weighted by Crippen LogP contribution is 2.18. The largest absolute Gasteiger partial charge is 0.383 e. The Morgan fingerprint density at radius 1 is 1.44 bits per heavy atom. The van der Waals surface area contributed by atoms with E-state index < -0.39 is 0 Å². The Kier molecular flexibility index (Phi) is 3.90. The lowest BCUT2D eigenvalue weighted by Crippen LogP contribution is -2.08. The number of hydrogen-bond acceptors (Lipinski definition) is 5. The van der Waals surface area contributed by atoms with Crippen LogP contribution in [-0.4, -0.2) is 16.5 Å². The van der Waals surface area contributed by atoms with E-state index in [1.165, 1.54) is 0 Å². The van der Waals surface area contributed by atoms with E-state index in [0.717, 1.165) is 35.0 Å². The van der Waals surface area contributed by atoms with Crippen molar-refractivity contribution in [3.63, 3.8) is 0 Å². The van der Waals surface area contributed by atoms with Crippen molar-refractivity contribution in [1.29, 1.82) is 5.26 Å². The number of aromatic nitrogens is 2. The van der Waals surface area contributed by atoms with Crippen LogP contribution in [0.25, 0.3) is 0 Å². The van der Waals surface area contributed by atoms with Gasteiger partial charge in [0.15, 0.2) is 0 Å². The van der Waals surface area contributed by atoms with E-state index in [2.05, 4.69) is 21.4 Å². The van der Waals surface area contributed by atoms with Crippen molar-refractivity contribution in [3.05, 3.63) is 39.6 Å². The normalized spacial score (nSPS) is 10.1. The topological polar surface area (TPSA) is 61.6 Å². The maximum Gasteiger partial charge on any atom is 0.103 e. The molecular formula is C13H14N4S. The van der Waals surface area contributed by atoms with Gasteiger partial charge in [-0.15, -0.1) is 11.3 Å². The van der Waals surface area contributed by atoms with E-state index in [9.17, 15) is 0 Å². The maximum atomic E-state index is 9.13. The van der Waals surface area contributed by atoms with Crippen LogP contribution in [0.2, 0.25) is 0 Å². The van der Waals surface area contributed by atoms with Gasteiger partial charge in [0.05, 0.1) is 22.0 Å². The standard InChI is InChI=1S/C13H14N4S/c1-9-7-12(11(8-14)10(2)17-9)15-4-3-13-16-5-6-18-13/h5-7H,3-4H2,1-2H3,(H,15,17). The van der Waals surface area contributed by atoms with Gasteiger partial charge < -0.3 is 5.32 Å². The zero-order chi connectivity index (χ0) is 13.0. The highest BCUT2D eigenvalue weighted by molar-refractivity contribution is 7.09. The Morgan fingerprint density at radius 2 is 2.28 bits per heavy atom. The molecule has 0 saturated heterocycles. The molecule has 2 heterocycles. The van der Waals surface area contributed by atoms with Gasteiger partial charge >= 0.3 is 0 Å². The lowest BCUT2D eigenvalue weighted by atomic mass is 10.1. The molecule has 0 bridgehead atoms. The molecule has 92 valence electrons. The van der Waals surface area contributed by atoms with Gasteiger partial charge in [-0.3, -0.25) is 4.98 Å². The van der Waals surface area contributed by atoms with Crippen molar-refractivity contribution < 1.29 is 0 Å². The lowest BCUT2D eigenvalue weighted by molar-refractivity contribution is 0.991. The summed E-state index contributed by atoms with van der Waals surface area (Å²) in [5.74, 6) is 0. The fourth-order valence-corrected chi connectivity index (χ4v) is 2.41. The zero-order valence-electron chi connectivity index (χ0n) is 10.4. The Balaban J connectivity index is 2.07. The Bertz CT molecular complexity index is 569. The minimum absolute atomic E-state index is 0.625. The predicted octanol–water partition coefficient (Wildman–Crippen LogP) is 2.68. The van der Waals surface area contributed by atoms with Crippen molar-refractivity contribution >= 4 is 17.0 Å². The fourth-order valence-electron chi connectivity index (χ4n) is 1.79. The summed E-state index contributed by atoms with van der Waals surface area (Å²) < 4.78 is 0. The summed E-state index contributed by atoms with van der Waals surface area (Å²) in [5, 5.41) is 15.5. The molecule has 2 aromatic rings. The molecule has 0 aliphatic heterocycles. The first-order chi connectivity index (χ1) is 8.70. The van der Waals surface area contributed by atoms with Crippen molar-refractivity contribution in [2.24, 2.45) is 0 Å². The molecule has 2 rings (SSSR count). The van der Waals surface area contributed by atoms with Crippen LogP contribution in [0.3, 0.4) is 0 Å². The van der Waals surface area contributed by atoms with E-state index in [1.807, 2.05) is 25.3 Å². The van der Waals surface area contributed by atoms with Crippen molar-refractivity contribution in [2.45, 2.75) is 20.3 Å². The molecular weight excluding hydrogens is 244 g/mol. The summed E-state index contributed by atoms with van der Waals surface area (Å²) in [5.41, 5.74) is 3.18. The number of thiazole rings is 1. The molecule has 2 aromatic heterocycles. The quantitative estimate of drug-likeness (QED) is 0.916. The number of nitriles is 1. The van der Waals surface area contributed by atoms with E-state index in [0.29, 0.717) is 5.56 Å². The summed E-state index contributed by atoms with van der Waals surface area (Å²) in [4.78, 5) is 8.52. The number of rotatable bonds is 4. The Hall–Kier alpha value is -1.93. The highest BCUT2D eigenvalue weighted by Gasteiger charge is 2.07. The maximum absolute atomic E-state index is 9.13. The molecule has 4 nitrogen and oxygen atoms in total. The van der Waals surface area contributed by atoms with Gasteiger partial charge in [-0.2, -0.15) is 5.26 Å². The monoisotopic (exact) mass is 258 g/mol. The van der Waals surface area contributed by atoms with Crippen LogP contribution in [-0.2, 0) is 6.42 Å². The van der Waals surface area contributed by atoms with Crippen molar-refractivity contribution in [3.8, 4) is 6.07 Å². The van der Waals surface area contributed by atoms with Crippen LogP contribution < -0.4 is 5.32 Å². The van der Waals surface area contributed by atoms with Crippen LogP contribution in [0.4, 0.5) is 5.69 Å². The first kappa shape index (κ1) is 12.5. The van der Waals surface area contributed by atoms with Crippen molar-refractivity contribution in [1.82, 2.24) is 9.97 Å². The summed E-state index contributed by atoms with van der Waals surface area (Å²) in [6.07, 6.45) is 2.67. The van der Waals surface area contributed by atoms with E-state index >= 15 is 0 Å². The SMILES string of the molecule is Cc1cc(NCCc2nccs2)c(C#N)c(C)n1. The third kappa shape index (κ3) is 2.84. The van der Waals surface area contributed by atoms with Gasteiger partial charge in [0.25, 0.3) is 0 Å². The first-order valence-corrected chi connectivity index (χ1v) is 6.59. The average Bonchev–Trinajstić information content (AvgIpc) is 2.81. The minimum Gasteiger partial charge on any atom is -0.383 e. The number of nitrogens with one attached hydrogen (secondary N) is 1. The fraction of sp³-hybridized carbons (Fsp3) is 0.308. The number of anilines is 1. The summed E-state index contributed by atoms with van der Waals surface area (Å²) in [7, 11) is 0. The van der Waals surface area contributed by atoms with Crippen LogP contribution in [0.15, 0.2) is 17.6 Å². The summed E-state index contributed by atoms with van der Waals surface area (Å²) in [6.45, 7) is 4.56. The molecule has 0 aromatic carbocycles. The molecule has 0 radical (unpaired) electrons.